The van der Waals surface area contributed by atoms with Crippen LogP contribution in [-0.4, -0.2) is 11.7 Å². The molecule has 0 bridgehead atoms. The maximum Gasteiger partial charge on any atom is 1.00 e. The van der Waals surface area contributed by atoms with E-state index in [4.69, 9.17) is 33.8 Å². The molecule has 0 saturated carbocycles. The minimum atomic E-state index is -3.37. The fourth-order valence-electron chi connectivity index (χ4n) is 0.539. The molecule has 0 aliphatic carbocycles. The quantitative estimate of drug-likeness (QED) is 0.300. The average molecular weight is 352 g/mol. The van der Waals surface area contributed by atoms with Crippen LogP contribution < -0.4 is 138 Å². The van der Waals surface area contributed by atoms with E-state index in [0.717, 1.165) is 6.42 Å². The predicted molar refractivity (Wildman–Crippen MR) is 46.4 cm³/mol. The second-order valence-corrected chi connectivity index (χ2v) is 3.13. The van der Waals surface area contributed by atoms with E-state index in [9.17, 15) is 0 Å². The van der Waals surface area contributed by atoms with Crippen LogP contribution >= 0.6 is 16.5 Å². The van der Waals surface area contributed by atoms with Gasteiger partial charge >= 0.3 is 118 Å². The third-order valence-electron chi connectivity index (χ3n) is 1.01. The minimum absolute atomic E-state index is 0. The summed E-state index contributed by atoms with van der Waals surface area (Å²) in [7, 11) is -6.74. The monoisotopic (exact) mass is 352 g/mol. The summed E-state index contributed by atoms with van der Waals surface area (Å²) < 4.78 is 17.0. The molecule has 0 amide bonds. The third kappa shape index (κ3) is 138. The van der Waals surface area contributed by atoms with Crippen molar-refractivity contribution in [1.82, 2.24) is 0 Å². The Bertz CT molecular complexity index is 143. The van der Waals surface area contributed by atoms with Crippen LogP contribution in [0.4, 0.5) is 0 Å². The number of aliphatic hydroxyl groups excluding tert-OH is 1. The van der Waals surface area contributed by atoms with Gasteiger partial charge < -0.3 is 24.7 Å². The molecule has 7 nitrogen and oxygen atoms in total. The molecule has 0 aromatic rings. The zero-order chi connectivity index (χ0) is 12.7. The Hall–Kier alpha value is 4.00. The van der Waals surface area contributed by atoms with E-state index < -0.39 is 16.5 Å². The Morgan fingerprint density at radius 1 is 0.789 bits per heavy atom. The second-order valence-electron chi connectivity index (χ2n) is 2.23. The fourth-order valence-corrected chi connectivity index (χ4v) is 0.539. The van der Waals surface area contributed by atoms with Crippen molar-refractivity contribution in [2.24, 2.45) is 0 Å². The summed E-state index contributed by atoms with van der Waals surface area (Å²) in [5, 5.41) is 8.29. The molecular weight excluding hydrogens is 338 g/mol. The SMILES string of the molecule is CCCCCCO.O=[P+]([O-])[O-].O=[P+]([O-])[O-].[Na+].[Na+].[Na+].[Na+]. The van der Waals surface area contributed by atoms with Crippen molar-refractivity contribution in [3.63, 3.8) is 0 Å². The smallest absolute Gasteiger partial charge is 0.598 e. The molecule has 13 heteroatoms. The van der Waals surface area contributed by atoms with Crippen molar-refractivity contribution in [2.75, 3.05) is 6.61 Å². The van der Waals surface area contributed by atoms with Gasteiger partial charge in [-0.1, -0.05) is 35.3 Å². The summed E-state index contributed by atoms with van der Waals surface area (Å²) in [6, 6.07) is 0. The first-order valence-corrected chi connectivity index (χ1v) is 6.31. The summed E-state index contributed by atoms with van der Waals surface area (Å²) in [5.74, 6) is 0. The standard InChI is InChI=1S/C6H14O.4Na.2HO3P/c1-2-3-4-5-6-7;;;;;2*1-4(2)3/h7H,2-6H2,1H3;;;;;2*(H,1,2,3)/q;4*+1;;/p-2. The molecule has 0 aliphatic rings. The van der Waals surface area contributed by atoms with Crippen LogP contribution in [0.2, 0.25) is 0 Å². The van der Waals surface area contributed by atoms with Gasteiger partial charge in [0.2, 0.25) is 0 Å². The van der Waals surface area contributed by atoms with E-state index in [1.165, 1.54) is 19.3 Å². The van der Waals surface area contributed by atoms with E-state index in [-0.39, 0.29) is 118 Å². The Morgan fingerprint density at radius 3 is 1.21 bits per heavy atom. The summed E-state index contributed by atoms with van der Waals surface area (Å²) in [6.45, 7) is 2.53. The molecular formula is C6H14Na4O7P2+2. The summed E-state index contributed by atoms with van der Waals surface area (Å²) in [6.07, 6.45) is 4.68. The van der Waals surface area contributed by atoms with Crippen LogP contribution in [0.5, 0.6) is 0 Å². The maximum absolute atomic E-state index is 8.48. The molecule has 0 atom stereocenters. The number of hydrogen-bond acceptors (Lipinski definition) is 7. The Balaban J connectivity index is -0.0000000216. The molecule has 0 aromatic carbocycles. The van der Waals surface area contributed by atoms with E-state index in [1.807, 2.05) is 0 Å². The second kappa shape index (κ2) is 43.1. The molecule has 0 heterocycles. The maximum atomic E-state index is 8.48. The van der Waals surface area contributed by atoms with Crippen LogP contribution in [0.3, 0.4) is 0 Å². The van der Waals surface area contributed by atoms with Crippen molar-refractivity contribution < 1.29 is 152 Å². The summed E-state index contributed by atoms with van der Waals surface area (Å²) in [4.78, 5) is 33.9. The van der Waals surface area contributed by atoms with Crippen molar-refractivity contribution >= 4 is 16.5 Å². The Labute approximate surface area is 204 Å². The molecule has 0 spiro atoms. The van der Waals surface area contributed by atoms with Gasteiger partial charge in [-0.2, -0.15) is 0 Å². The molecule has 0 saturated heterocycles. The first kappa shape index (κ1) is 43.5. The van der Waals surface area contributed by atoms with E-state index >= 15 is 0 Å². The predicted octanol–water partition coefficient (Wildman–Crippen LogP) is -13.7. The third-order valence-corrected chi connectivity index (χ3v) is 1.01. The molecule has 1 N–H and O–H groups in total. The van der Waals surface area contributed by atoms with Gasteiger partial charge in [0.15, 0.2) is 0 Å². The van der Waals surface area contributed by atoms with Crippen LogP contribution in [0.1, 0.15) is 32.6 Å². The summed E-state index contributed by atoms with van der Waals surface area (Å²) >= 11 is 0. The van der Waals surface area contributed by atoms with E-state index in [0.29, 0.717) is 6.61 Å². The summed E-state index contributed by atoms with van der Waals surface area (Å²) in [5.41, 5.74) is 0. The van der Waals surface area contributed by atoms with Gasteiger partial charge in [-0.05, 0) is 6.42 Å². The number of hydrogen-bond donors (Lipinski definition) is 1. The van der Waals surface area contributed by atoms with Gasteiger partial charge in [-0.15, -0.1) is 0 Å². The van der Waals surface area contributed by atoms with Gasteiger partial charge in [0, 0.05) is 6.61 Å². The molecule has 0 fully saturated rings. The normalized spacial score (nSPS) is 6.21. The Kier molecular flexibility index (Phi) is 98.7. The van der Waals surface area contributed by atoms with Crippen LogP contribution in [0, 0.1) is 0 Å². The van der Waals surface area contributed by atoms with Crippen molar-refractivity contribution in [3.05, 3.63) is 0 Å². The topological polar surface area (TPSA) is 147 Å². The van der Waals surface area contributed by atoms with Crippen LogP contribution in [0.15, 0.2) is 0 Å². The molecule has 0 aliphatic heterocycles. The fraction of sp³-hybridized carbons (Fsp3) is 1.00. The van der Waals surface area contributed by atoms with E-state index in [2.05, 4.69) is 6.92 Å². The zero-order valence-corrected chi connectivity index (χ0v) is 22.1. The largest absolute Gasteiger partial charge is 1.00 e. The van der Waals surface area contributed by atoms with Gasteiger partial charge in [-0.3, -0.25) is 0 Å². The van der Waals surface area contributed by atoms with Crippen molar-refractivity contribution in [2.45, 2.75) is 32.6 Å². The van der Waals surface area contributed by atoms with Crippen LogP contribution in [0.25, 0.3) is 0 Å². The molecule has 0 rings (SSSR count). The van der Waals surface area contributed by atoms with Crippen molar-refractivity contribution in [1.29, 1.82) is 0 Å². The minimum Gasteiger partial charge on any atom is -0.598 e. The van der Waals surface area contributed by atoms with Gasteiger partial charge in [0.25, 0.3) is 16.5 Å². The first-order chi connectivity index (χ1) is 6.88. The molecule has 0 radical (unpaired) electrons. The molecule has 0 aromatic heterocycles. The van der Waals surface area contributed by atoms with E-state index in [1.54, 1.807) is 0 Å². The molecule has 0 unspecified atom stereocenters. The van der Waals surface area contributed by atoms with Crippen molar-refractivity contribution in [3.8, 4) is 0 Å². The molecule has 19 heavy (non-hydrogen) atoms. The number of unbranched alkanes of at least 4 members (excludes halogenated alkanes) is 3. The van der Waals surface area contributed by atoms with Gasteiger partial charge in [0.1, 0.15) is 0 Å². The first-order valence-electron chi connectivity index (χ1n) is 4.12. The van der Waals surface area contributed by atoms with Crippen LogP contribution in [-0.2, 0) is 9.13 Å². The zero-order valence-electron chi connectivity index (χ0n) is 12.3. The number of aliphatic hydroxyl groups is 1. The van der Waals surface area contributed by atoms with Gasteiger partial charge in [-0.25, -0.2) is 0 Å². The molecule has 92 valence electrons. The van der Waals surface area contributed by atoms with Gasteiger partial charge in [0.05, 0.1) is 0 Å². The number of rotatable bonds is 4. The Morgan fingerprint density at radius 2 is 1.05 bits per heavy atom. The average Bonchev–Trinajstić information content (AvgIpc) is 2.03.